The van der Waals surface area contributed by atoms with E-state index in [1.807, 2.05) is 0 Å². The van der Waals surface area contributed by atoms with Crippen molar-refractivity contribution in [1.82, 2.24) is 4.90 Å². The van der Waals surface area contributed by atoms with Crippen LogP contribution in [0.1, 0.15) is 79.6 Å². The normalized spacial score (nSPS) is 12.0. The van der Waals surface area contributed by atoms with E-state index >= 15 is 0 Å². The van der Waals surface area contributed by atoms with Gasteiger partial charge in [0, 0.05) is 0 Å². The van der Waals surface area contributed by atoms with E-state index in [1.54, 1.807) is 0 Å². The smallest absolute Gasteiger partial charge is 0.00186 e. The largest absolute Gasteiger partial charge is 0.303 e. The summed E-state index contributed by atoms with van der Waals surface area (Å²) in [5.41, 5.74) is 0. The number of unbranched alkanes of at least 4 members (excludes halogenated alkanes) is 2. The SMILES string of the molecule is CCCCCN(CCCC(C)C)CCCC(C)C. The van der Waals surface area contributed by atoms with Crippen LogP contribution in [-0.2, 0) is 0 Å². The maximum absolute atomic E-state index is 2.71. The molecule has 0 fully saturated rings. The molecular weight excluding hydrogens is 218 g/mol. The van der Waals surface area contributed by atoms with Gasteiger partial charge in [-0.2, -0.15) is 0 Å². The molecule has 0 aliphatic carbocycles. The summed E-state index contributed by atoms with van der Waals surface area (Å²) in [6.07, 6.45) is 9.65. The molecule has 0 aliphatic heterocycles. The van der Waals surface area contributed by atoms with Gasteiger partial charge in [-0.25, -0.2) is 0 Å². The van der Waals surface area contributed by atoms with E-state index in [2.05, 4.69) is 39.5 Å². The predicted octanol–water partition coefficient (Wildman–Crippen LogP) is 5.35. The van der Waals surface area contributed by atoms with Crippen molar-refractivity contribution in [2.24, 2.45) is 11.8 Å². The van der Waals surface area contributed by atoms with E-state index in [1.165, 1.54) is 64.6 Å². The highest BCUT2D eigenvalue weighted by Crippen LogP contribution is 2.09. The van der Waals surface area contributed by atoms with E-state index in [4.69, 9.17) is 0 Å². The van der Waals surface area contributed by atoms with Gasteiger partial charge < -0.3 is 4.90 Å². The summed E-state index contributed by atoms with van der Waals surface area (Å²) >= 11 is 0. The molecule has 0 heterocycles. The quantitative estimate of drug-likeness (QED) is 0.425. The second kappa shape index (κ2) is 12.0. The van der Waals surface area contributed by atoms with Crippen LogP contribution in [0.5, 0.6) is 0 Å². The van der Waals surface area contributed by atoms with Gasteiger partial charge in [-0.1, -0.05) is 47.5 Å². The van der Waals surface area contributed by atoms with Crippen molar-refractivity contribution >= 4 is 0 Å². The van der Waals surface area contributed by atoms with Gasteiger partial charge >= 0.3 is 0 Å². The summed E-state index contributed by atoms with van der Waals surface area (Å²) in [7, 11) is 0. The van der Waals surface area contributed by atoms with E-state index < -0.39 is 0 Å². The van der Waals surface area contributed by atoms with Crippen molar-refractivity contribution in [3.8, 4) is 0 Å². The predicted molar refractivity (Wildman–Crippen MR) is 84.1 cm³/mol. The molecule has 0 bridgehead atoms. The van der Waals surface area contributed by atoms with E-state index in [0.717, 1.165) is 11.8 Å². The molecule has 0 spiro atoms. The Morgan fingerprint density at radius 1 is 0.667 bits per heavy atom. The molecule has 0 amide bonds. The molecule has 0 unspecified atom stereocenters. The Kier molecular flexibility index (Phi) is 12.0. The van der Waals surface area contributed by atoms with Crippen LogP contribution < -0.4 is 0 Å². The Hall–Kier alpha value is -0.0400. The van der Waals surface area contributed by atoms with E-state index in [9.17, 15) is 0 Å². The van der Waals surface area contributed by atoms with E-state index in [-0.39, 0.29) is 0 Å². The van der Waals surface area contributed by atoms with Crippen LogP contribution in [0, 0.1) is 11.8 Å². The lowest BCUT2D eigenvalue weighted by Crippen LogP contribution is -2.27. The average molecular weight is 255 g/mol. The summed E-state index contributed by atoms with van der Waals surface area (Å²) in [5, 5.41) is 0. The standard InChI is InChI=1S/C17H37N/c1-6-7-8-13-18(14-9-11-16(2)3)15-10-12-17(4)5/h16-17H,6-15H2,1-5H3. The Balaban J connectivity index is 3.76. The van der Waals surface area contributed by atoms with Crippen LogP contribution >= 0.6 is 0 Å². The minimum absolute atomic E-state index is 0.859. The lowest BCUT2D eigenvalue weighted by Gasteiger charge is -2.23. The summed E-state index contributed by atoms with van der Waals surface area (Å²) in [6.45, 7) is 15.6. The molecule has 0 aliphatic rings. The Morgan fingerprint density at radius 3 is 1.50 bits per heavy atom. The number of rotatable bonds is 12. The van der Waals surface area contributed by atoms with Gasteiger partial charge in [0.15, 0.2) is 0 Å². The zero-order valence-electron chi connectivity index (χ0n) is 13.7. The number of hydrogen-bond acceptors (Lipinski definition) is 1. The monoisotopic (exact) mass is 255 g/mol. The lowest BCUT2D eigenvalue weighted by atomic mass is 10.1. The Morgan fingerprint density at radius 2 is 1.11 bits per heavy atom. The molecule has 0 N–H and O–H groups in total. The van der Waals surface area contributed by atoms with Gasteiger partial charge in [0.1, 0.15) is 0 Å². The van der Waals surface area contributed by atoms with Gasteiger partial charge in [0.25, 0.3) is 0 Å². The molecule has 0 saturated heterocycles. The molecule has 0 aromatic carbocycles. The van der Waals surface area contributed by atoms with Gasteiger partial charge in [-0.05, 0) is 63.6 Å². The lowest BCUT2D eigenvalue weighted by molar-refractivity contribution is 0.248. The van der Waals surface area contributed by atoms with Crippen LogP contribution in [0.4, 0.5) is 0 Å². The maximum atomic E-state index is 2.71. The first-order valence-corrected chi connectivity index (χ1v) is 8.28. The van der Waals surface area contributed by atoms with Crippen molar-refractivity contribution in [2.45, 2.75) is 79.6 Å². The molecule has 0 aromatic heterocycles. The van der Waals surface area contributed by atoms with Crippen LogP contribution in [0.15, 0.2) is 0 Å². The van der Waals surface area contributed by atoms with Crippen molar-refractivity contribution in [1.29, 1.82) is 0 Å². The highest BCUT2D eigenvalue weighted by molar-refractivity contribution is 4.60. The molecular formula is C17H37N. The molecule has 0 rings (SSSR count). The van der Waals surface area contributed by atoms with Crippen molar-refractivity contribution in [3.05, 3.63) is 0 Å². The number of nitrogens with zero attached hydrogens (tertiary/aromatic N) is 1. The summed E-state index contributed by atoms with van der Waals surface area (Å²) in [6, 6.07) is 0. The summed E-state index contributed by atoms with van der Waals surface area (Å²) in [4.78, 5) is 2.71. The average Bonchev–Trinajstić information content (AvgIpc) is 2.27. The summed E-state index contributed by atoms with van der Waals surface area (Å²) < 4.78 is 0. The fraction of sp³-hybridized carbons (Fsp3) is 1.00. The van der Waals surface area contributed by atoms with Crippen LogP contribution in [0.25, 0.3) is 0 Å². The molecule has 0 saturated carbocycles. The molecule has 110 valence electrons. The topological polar surface area (TPSA) is 3.24 Å². The van der Waals surface area contributed by atoms with Gasteiger partial charge in [0.05, 0.1) is 0 Å². The first kappa shape index (κ1) is 18.0. The third kappa shape index (κ3) is 12.4. The van der Waals surface area contributed by atoms with Crippen molar-refractivity contribution < 1.29 is 0 Å². The summed E-state index contributed by atoms with van der Waals surface area (Å²) in [5.74, 6) is 1.72. The number of hydrogen-bond donors (Lipinski definition) is 0. The molecule has 0 radical (unpaired) electrons. The highest BCUT2D eigenvalue weighted by atomic mass is 15.1. The minimum atomic E-state index is 0.859. The molecule has 1 heteroatoms. The van der Waals surface area contributed by atoms with Crippen LogP contribution in [-0.4, -0.2) is 24.5 Å². The van der Waals surface area contributed by atoms with Crippen LogP contribution in [0.3, 0.4) is 0 Å². The van der Waals surface area contributed by atoms with Crippen molar-refractivity contribution in [3.63, 3.8) is 0 Å². The van der Waals surface area contributed by atoms with Crippen LogP contribution in [0.2, 0.25) is 0 Å². The molecule has 1 nitrogen and oxygen atoms in total. The Labute approximate surface area is 116 Å². The molecule has 18 heavy (non-hydrogen) atoms. The zero-order chi connectivity index (χ0) is 13.8. The van der Waals surface area contributed by atoms with E-state index in [0.29, 0.717) is 0 Å². The third-order valence-corrected chi connectivity index (χ3v) is 3.59. The van der Waals surface area contributed by atoms with Gasteiger partial charge in [-0.3, -0.25) is 0 Å². The second-order valence-electron chi connectivity index (χ2n) is 6.62. The third-order valence-electron chi connectivity index (χ3n) is 3.59. The van der Waals surface area contributed by atoms with Crippen molar-refractivity contribution in [2.75, 3.05) is 19.6 Å². The fourth-order valence-corrected chi connectivity index (χ4v) is 2.37. The molecule has 0 atom stereocenters. The zero-order valence-corrected chi connectivity index (χ0v) is 13.7. The van der Waals surface area contributed by atoms with Gasteiger partial charge in [-0.15, -0.1) is 0 Å². The Bertz CT molecular complexity index is 149. The molecule has 0 aromatic rings. The fourth-order valence-electron chi connectivity index (χ4n) is 2.37. The first-order valence-electron chi connectivity index (χ1n) is 8.28. The maximum Gasteiger partial charge on any atom is -0.00186 e. The first-order chi connectivity index (χ1) is 8.56. The second-order valence-corrected chi connectivity index (χ2v) is 6.62. The van der Waals surface area contributed by atoms with Gasteiger partial charge in [0.2, 0.25) is 0 Å². The minimum Gasteiger partial charge on any atom is -0.303 e. The highest BCUT2D eigenvalue weighted by Gasteiger charge is 2.05.